The average molecular weight is 391 g/mol. The molecule has 0 fully saturated rings. The Kier molecular flexibility index (Phi) is 6.98. The third-order valence-corrected chi connectivity index (χ3v) is 5.42. The van der Waals surface area contributed by atoms with Gasteiger partial charge in [-0.2, -0.15) is 4.31 Å². The Morgan fingerprint density at radius 3 is 2.26 bits per heavy atom. The molecule has 0 aliphatic rings. The van der Waals surface area contributed by atoms with Gasteiger partial charge in [-0.1, -0.05) is 48.0 Å². The number of benzene rings is 2. The number of nitrogens with one attached hydrogen (secondary N) is 1. The zero-order valence-corrected chi connectivity index (χ0v) is 16.9. The van der Waals surface area contributed by atoms with Crippen LogP contribution in [-0.4, -0.2) is 44.6 Å². The van der Waals surface area contributed by atoms with E-state index in [1.54, 1.807) is 24.3 Å². The number of sulfonamides is 1. The van der Waals surface area contributed by atoms with Gasteiger partial charge in [0.05, 0.1) is 12.3 Å². The number of rotatable bonds is 8. The molecule has 0 spiro atoms. The van der Waals surface area contributed by atoms with Crippen molar-refractivity contribution in [1.29, 1.82) is 0 Å². The second-order valence-corrected chi connectivity index (χ2v) is 8.67. The maximum absolute atomic E-state index is 12.8. The van der Waals surface area contributed by atoms with Crippen LogP contribution < -0.4 is 10.1 Å². The van der Waals surface area contributed by atoms with Crippen LogP contribution in [0.15, 0.2) is 54.6 Å². The van der Waals surface area contributed by atoms with Crippen LogP contribution in [0.3, 0.4) is 0 Å². The minimum absolute atomic E-state index is 0.277. The molecule has 27 heavy (non-hydrogen) atoms. The first kappa shape index (κ1) is 20.9. The minimum atomic E-state index is -3.55. The molecule has 146 valence electrons. The van der Waals surface area contributed by atoms with E-state index in [9.17, 15) is 13.2 Å². The third kappa shape index (κ3) is 6.08. The second-order valence-electron chi connectivity index (χ2n) is 6.63. The summed E-state index contributed by atoms with van der Waals surface area (Å²) < 4.78 is 30.8. The van der Waals surface area contributed by atoms with Gasteiger partial charge in [0, 0.05) is 7.05 Å². The van der Waals surface area contributed by atoms with Gasteiger partial charge >= 0.3 is 0 Å². The van der Waals surface area contributed by atoms with E-state index in [1.165, 1.54) is 7.05 Å². The molecule has 0 unspecified atom stereocenters. The number of amides is 1. The van der Waals surface area contributed by atoms with Crippen molar-refractivity contribution in [1.82, 2.24) is 9.62 Å². The summed E-state index contributed by atoms with van der Waals surface area (Å²) in [5.41, 5.74) is 1.74. The van der Waals surface area contributed by atoms with E-state index in [1.807, 2.05) is 44.2 Å². The number of hydrogen-bond acceptors (Lipinski definition) is 4. The lowest BCUT2D eigenvalue weighted by Gasteiger charge is -2.27. The number of ether oxygens (including phenoxy) is 1. The van der Waals surface area contributed by atoms with E-state index >= 15 is 0 Å². The fraction of sp³-hybridized carbons (Fsp3) is 0.350. The maximum atomic E-state index is 12.8. The fourth-order valence-electron chi connectivity index (χ4n) is 2.57. The number of carbonyl (C=O) groups is 1. The summed E-state index contributed by atoms with van der Waals surface area (Å²) in [4.78, 5) is 12.8. The van der Waals surface area contributed by atoms with Gasteiger partial charge in [0.15, 0.2) is 0 Å². The normalized spacial score (nSPS) is 13.8. The predicted octanol–water partition coefficient (Wildman–Crippen LogP) is 2.51. The maximum Gasteiger partial charge on any atom is 0.243 e. The Morgan fingerprint density at radius 1 is 1.11 bits per heavy atom. The largest absolute Gasteiger partial charge is 0.491 e. The first-order valence-corrected chi connectivity index (χ1v) is 10.5. The molecular formula is C20H26N2O4S. The highest BCUT2D eigenvalue weighted by molar-refractivity contribution is 7.88. The highest BCUT2D eigenvalue weighted by atomic mass is 32.2. The van der Waals surface area contributed by atoms with E-state index < -0.39 is 22.0 Å². The lowest BCUT2D eigenvalue weighted by Crippen LogP contribution is -2.45. The van der Waals surface area contributed by atoms with E-state index in [0.717, 1.165) is 21.9 Å². The molecule has 2 rings (SSSR count). The third-order valence-electron chi connectivity index (χ3n) is 4.16. The molecule has 0 radical (unpaired) electrons. The van der Waals surface area contributed by atoms with Crippen molar-refractivity contribution >= 4 is 15.9 Å². The van der Waals surface area contributed by atoms with Gasteiger partial charge in [-0.15, -0.1) is 0 Å². The molecule has 0 aliphatic heterocycles. The molecule has 0 heterocycles. The smallest absolute Gasteiger partial charge is 0.243 e. The van der Waals surface area contributed by atoms with Gasteiger partial charge in [-0.3, -0.25) is 4.79 Å². The molecule has 2 aromatic carbocycles. The number of likely N-dealkylation sites (N-methyl/N-ethyl adjacent to an activating group) is 1. The molecule has 0 aliphatic carbocycles. The van der Waals surface area contributed by atoms with E-state index in [0.29, 0.717) is 5.56 Å². The highest BCUT2D eigenvalue weighted by Crippen LogP contribution is 2.22. The predicted molar refractivity (Wildman–Crippen MR) is 106 cm³/mol. The highest BCUT2D eigenvalue weighted by Gasteiger charge is 2.31. The SMILES string of the molecule is Cc1ccc(OC[C@H](C)NC(=O)[C@@H](c2ccccc2)N(C)S(C)(=O)=O)cc1. The van der Waals surface area contributed by atoms with Crippen molar-refractivity contribution in [2.24, 2.45) is 0 Å². The van der Waals surface area contributed by atoms with Crippen LogP contribution in [0.2, 0.25) is 0 Å². The summed E-state index contributed by atoms with van der Waals surface area (Å²) in [6, 6.07) is 15.2. The van der Waals surface area contributed by atoms with Crippen molar-refractivity contribution in [2.75, 3.05) is 19.9 Å². The van der Waals surface area contributed by atoms with Crippen molar-refractivity contribution in [3.05, 3.63) is 65.7 Å². The van der Waals surface area contributed by atoms with Gasteiger partial charge in [0.1, 0.15) is 18.4 Å². The van der Waals surface area contributed by atoms with Crippen molar-refractivity contribution in [3.63, 3.8) is 0 Å². The molecule has 1 N–H and O–H groups in total. The molecule has 7 heteroatoms. The van der Waals surface area contributed by atoms with Crippen LogP contribution in [0.5, 0.6) is 5.75 Å². The van der Waals surface area contributed by atoms with Gasteiger partial charge in [-0.05, 0) is 31.5 Å². The Hall–Kier alpha value is -2.38. The average Bonchev–Trinajstić information content (AvgIpc) is 2.61. The monoisotopic (exact) mass is 390 g/mol. The first-order chi connectivity index (χ1) is 12.7. The van der Waals surface area contributed by atoms with Gasteiger partial charge in [-0.25, -0.2) is 8.42 Å². The van der Waals surface area contributed by atoms with Crippen LogP contribution in [-0.2, 0) is 14.8 Å². The lowest BCUT2D eigenvalue weighted by atomic mass is 10.1. The fourth-order valence-corrected chi connectivity index (χ4v) is 3.17. The van der Waals surface area contributed by atoms with Crippen molar-refractivity contribution < 1.29 is 17.9 Å². The van der Waals surface area contributed by atoms with Crippen molar-refractivity contribution in [3.8, 4) is 5.75 Å². The van der Waals surface area contributed by atoms with E-state index in [-0.39, 0.29) is 12.6 Å². The number of hydrogen-bond donors (Lipinski definition) is 1. The van der Waals surface area contributed by atoms with E-state index in [4.69, 9.17) is 4.74 Å². The molecule has 0 bridgehead atoms. The zero-order chi connectivity index (χ0) is 20.0. The molecule has 2 atom stereocenters. The Bertz CT molecular complexity index is 851. The summed E-state index contributed by atoms with van der Waals surface area (Å²) in [5.74, 6) is 0.323. The second kappa shape index (κ2) is 9.01. The topological polar surface area (TPSA) is 75.7 Å². The molecule has 0 aromatic heterocycles. The van der Waals surface area contributed by atoms with Crippen molar-refractivity contribution in [2.45, 2.75) is 25.9 Å². The summed E-state index contributed by atoms with van der Waals surface area (Å²) >= 11 is 0. The number of aryl methyl sites for hydroxylation is 1. The zero-order valence-electron chi connectivity index (χ0n) is 16.0. The Labute approximate surface area is 161 Å². The summed E-state index contributed by atoms with van der Waals surface area (Å²) in [6.07, 6.45) is 1.08. The van der Waals surface area contributed by atoms with Crippen LogP contribution in [0.25, 0.3) is 0 Å². The molecule has 0 saturated carbocycles. The van der Waals surface area contributed by atoms with Crippen LogP contribution in [0.4, 0.5) is 0 Å². The van der Waals surface area contributed by atoms with Gasteiger partial charge in [0.25, 0.3) is 0 Å². The van der Waals surface area contributed by atoms with Gasteiger partial charge in [0.2, 0.25) is 15.9 Å². The summed E-state index contributed by atoms with van der Waals surface area (Å²) in [6.45, 7) is 4.09. The Balaban J connectivity index is 2.07. The Morgan fingerprint density at radius 2 is 1.70 bits per heavy atom. The molecule has 1 amide bonds. The van der Waals surface area contributed by atoms with Crippen LogP contribution in [0.1, 0.15) is 24.1 Å². The summed E-state index contributed by atoms with van der Waals surface area (Å²) in [7, 11) is -2.15. The molecule has 0 saturated heterocycles. The van der Waals surface area contributed by atoms with Crippen LogP contribution in [0, 0.1) is 6.92 Å². The van der Waals surface area contributed by atoms with Crippen LogP contribution >= 0.6 is 0 Å². The number of nitrogens with zero attached hydrogens (tertiary/aromatic N) is 1. The molecule has 2 aromatic rings. The quantitative estimate of drug-likeness (QED) is 0.751. The number of carbonyl (C=O) groups excluding carboxylic acids is 1. The first-order valence-electron chi connectivity index (χ1n) is 8.66. The van der Waals surface area contributed by atoms with E-state index in [2.05, 4.69) is 5.32 Å². The lowest BCUT2D eigenvalue weighted by molar-refractivity contribution is -0.125. The summed E-state index contributed by atoms with van der Waals surface area (Å²) in [5, 5.41) is 2.84. The minimum Gasteiger partial charge on any atom is -0.491 e. The van der Waals surface area contributed by atoms with Gasteiger partial charge < -0.3 is 10.1 Å². The standard InChI is InChI=1S/C20H26N2O4S/c1-15-10-12-18(13-11-15)26-14-16(2)21-20(23)19(22(3)27(4,24)25)17-8-6-5-7-9-17/h5-13,16,19H,14H2,1-4H3,(H,21,23)/t16-,19+/m0/s1. The molecule has 6 nitrogen and oxygen atoms in total. The molecular weight excluding hydrogens is 364 g/mol.